The van der Waals surface area contributed by atoms with E-state index in [1.54, 1.807) is 6.20 Å². The van der Waals surface area contributed by atoms with E-state index in [9.17, 15) is 0 Å². The molecule has 0 saturated carbocycles. The summed E-state index contributed by atoms with van der Waals surface area (Å²) in [7, 11) is 3.41. The van der Waals surface area contributed by atoms with Crippen LogP contribution in [0.1, 0.15) is 31.7 Å². The molecule has 3 heterocycles. The maximum Gasteiger partial charge on any atom is 0.149 e. The van der Waals surface area contributed by atoms with Gasteiger partial charge in [-0.3, -0.25) is 9.80 Å². The van der Waals surface area contributed by atoms with Crippen molar-refractivity contribution in [1.29, 1.82) is 0 Å². The highest BCUT2D eigenvalue weighted by molar-refractivity contribution is 7.95. The quantitative estimate of drug-likeness (QED) is 0.129. The van der Waals surface area contributed by atoms with E-state index in [1.165, 1.54) is 25.5 Å². The van der Waals surface area contributed by atoms with Crippen LogP contribution in [0.2, 0.25) is 10.0 Å². The van der Waals surface area contributed by atoms with E-state index >= 15 is 0 Å². The molecule has 8 nitrogen and oxygen atoms in total. The SMILES string of the molecule is CC[C@H]1CN(c2ncc(NSOOC)cc2Cl)CCN1C1CCN(Cc2ccc(Cl)cc2NC)CC1. The molecule has 2 N–H and O–H groups in total. The van der Waals surface area contributed by atoms with Crippen LogP contribution in [0.3, 0.4) is 0 Å². The summed E-state index contributed by atoms with van der Waals surface area (Å²) in [6.07, 6.45) is 5.27. The lowest BCUT2D eigenvalue weighted by Crippen LogP contribution is -2.58. The third-order valence-corrected chi connectivity index (χ3v) is 8.18. The number of hydrogen-bond acceptors (Lipinski definition) is 9. The minimum atomic E-state index is 0.490. The molecule has 2 saturated heterocycles. The third kappa shape index (κ3) is 6.89. The molecule has 198 valence electrons. The Bertz CT molecular complexity index is 995. The van der Waals surface area contributed by atoms with Crippen molar-refractivity contribution >= 4 is 52.6 Å². The van der Waals surface area contributed by atoms with Crippen molar-refractivity contribution in [2.45, 2.75) is 44.8 Å². The van der Waals surface area contributed by atoms with Gasteiger partial charge in [-0.2, -0.15) is 0 Å². The fraction of sp³-hybridized carbons (Fsp3) is 0.560. The van der Waals surface area contributed by atoms with Crippen molar-refractivity contribution in [2.24, 2.45) is 0 Å². The Balaban J connectivity index is 1.31. The second-order valence-corrected chi connectivity index (χ2v) is 10.6. The predicted octanol–water partition coefficient (Wildman–Crippen LogP) is 5.55. The van der Waals surface area contributed by atoms with Crippen LogP contribution >= 0.6 is 35.4 Å². The van der Waals surface area contributed by atoms with Crippen LogP contribution < -0.4 is 14.9 Å². The maximum atomic E-state index is 6.61. The van der Waals surface area contributed by atoms with Crippen LogP contribution in [0.25, 0.3) is 0 Å². The largest absolute Gasteiger partial charge is 0.388 e. The lowest BCUT2D eigenvalue weighted by molar-refractivity contribution is -0.159. The topological polar surface area (TPSA) is 65.1 Å². The minimum Gasteiger partial charge on any atom is -0.388 e. The number of hydrogen-bond donors (Lipinski definition) is 2. The van der Waals surface area contributed by atoms with Gasteiger partial charge in [0.05, 0.1) is 24.0 Å². The van der Waals surface area contributed by atoms with Crippen LogP contribution in [-0.4, -0.2) is 73.7 Å². The first-order valence-electron chi connectivity index (χ1n) is 12.5. The van der Waals surface area contributed by atoms with E-state index in [0.29, 0.717) is 17.1 Å². The van der Waals surface area contributed by atoms with Crippen LogP contribution in [-0.2, 0) is 15.8 Å². The molecular formula is C25H36Cl2N6O2S. The molecule has 2 aromatic rings. The molecule has 0 unspecified atom stereocenters. The summed E-state index contributed by atoms with van der Waals surface area (Å²) in [4.78, 5) is 16.8. The highest BCUT2D eigenvalue weighted by Crippen LogP contribution is 2.31. The summed E-state index contributed by atoms with van der Waals surface area (Å²) in [6.45, 7) is 8.35. The van der Waals surface area contributed by atoms with Crippen LogP contribution in [0.5, 0.6) is 0 Å². The Labute approximate surface area is 228 Å². The number of rotatable bonds is 10. The number of nitrogens with zero attached hydrogens (tertiary/aromatic N) is 4. The zero-order valence-electron chi connectivity index (χ0n) is 21.2. The Morgan fingerprint density at radius 1 is 1.14 bits per heavy atom. The zero-order chi connectivity index (χ0) is 25.5. The van der Waals surface area contributed by atoms with Gasteiger partial charge in [-0.05, 0) is 56.1 Å². The number of pyridine rings is 1. The fourth-order valence-electron chi connectivity index (χ4n) is 5.29. The summed E-state index contributed by atoms with van der Waals surface area (Å²) >= 11 is 13.8. The standard InChI is InChI=1S/C25H36Cl2N6O2S/c1-4-21-17-32(25-23(27)14-20(15-29-25)30-36-35-34-3)11-12-33(21)22-7-9-31(10-8-22)16-18-5-6-19(26)13-24(18)28-2/h5-6,13-15,21-22,28,30H,4,7-12,16-17H2,1-3H3/t21-/m0/s1. The van der Waals surface area contributed by atoms with Crippen LogP contribution in [0.4, 0.5) is 17.2 Å². The highest BCUT2D eigenvalue weighted by atomic mass is 35.5. The van der Waals surface area contributed by atoms with Gasteiger partial charge in [0.1, 0.15) is 18.0 Å². The van der Waals surface area contributed by atoms with Gasteiger partial charge in [-0.15, -0.1) is 4.33 Å². The lowest BCUT2D eigenvalue weighted by atomic mass is 9.97. The molecule has 0 amide bonds. The van der Waals surface area contributed by atoms with Crippen molar-refractivity contribution in [3.63, 3.8) is 0 Å². The number of piperazine rings is 1. The van der Waals surface area contributed by atoms with E-state index in [2.05, 4.69) is 47.6 Å². The molecule has 2 fully saturated rings. The van der Waals surface area contributed by atoms with Gasteiger partial charge in [0.15, 0.2) is 0 Å². The van der Waals surface area contributed by atoms with Gasteiger partial charge in [0, 0.05) is 56.0 Å². The molecule has 0 bridgehead atoms. The second-order valence-electron chi connectivity index (χ2n) is 9.25. The number of halogens is 2. The monoisotopic (exact) mass is 554 g/mol. The molecule has 1 aromatic carbocycles. The number of piperidine rings is 1. The summed E-state index contributed by atoms with van der Waals surface area (Å²) in [5, 5.41) is 4.69. The average molecular weight is 556 g/mol. The summed E-state index contributed by atoms with van der Waals surface area (Å²) in [5.41, 5.74) is 3.18. The zero-order valence-corrected chi connectivity index (χ0v) is 23.5. The normalized spacial score (nSPS) is 20.0. The van der Waals surface area contributed by atoms with Crippen LogP contribution in [0.15, 0.2) is 30.5 Å². The number of aromatic nitrogens is 1. The summed E-state index contributed by atoms with van der Waals surface area (Å²) in [6, 6.07) is 9.11. The predicted molar refractivity (Wildman–Crippen MR) is 151 cm³/mol. The molecule has 2 aliphatic heterocycles. The molecule has 2 aliphatic rings. The van der Waals surface area contributed by atoms with Gasteiger partial charge in [0.2, 0.25) is 0 Å². The van der Waals surface area contributed by atoms with Gasteiger partial charge >= 0.3 is 0 Å². The molecule has 11 heteroatoms. The summed E-state index contributed by atoms with van der Waals surface area (Å²) in [5.74, 6) is 0.844. The van der Waals surface area contributed by atoms with Crippen molar-refractivity contribution < 1.29 is 9.22 Å². The first-order chi connectivity index (χ1) is 17.5. The van der Waals surface area contributed by atoms with Crippen molar-refractivity contribution in [2.75, 3.05) is 61.8 Å². The van der Waals surface area contributed by atoms with Gasteiger partial charge in [-0.1, -0.05) is 36.2 Å². The Morgan fingerprint density at radius 3 is 2.64 bits per heavy atom. The first kappa shape index (κ1) is 27.6. The van der Waals surface area contributed by atoms with E-state index in [0.717, 1.165) is 80.1 Å². The summed E-state index contributed by atoms with van der Waals surface area (Å²) < 4.78 is 7.78. The second kappa shape index (κ2) is 13.4. The highest BCUT2D eigenvalue weighted by Gasteiger charge is 2.34. The molecule has 4 rings (SSSR count). The van der Waals surface area contributed by atoms with E-state index in [-0.39, 0.29) is 0 Å². The number of anilines is 3. The van der Waals surface area contributed by atoms with Crippen molar-refractivity contribution in [1.82, 2.24) is 14.8 Å². The Morgan fingerprint density at radius 2 is 1.94 bits per heavy atom. The van der Waals surface area contributed by atoms with Gasteiger partial charge < -0.3 is 14.9 Å². The Kier molecular flexibility index (Phi) is 10.2. The van der Waals surface area contributed by atoms with Crippen molar-refractivity contribution in [3.8, 4) is 0 Å². The molecule has 1 atom stereocenters. The average Bonchev–Trinajstić information content (AvgIpc) is 2.90. The van der Waals surface area contributed by atoms with E-state index in [1.807, 2.05) is 25.2 Å². The first-order valence-corrected chi connectivity index (χ1v) is 14.0. The fourth-order valence-corrected chi connectivity index (χ4v) is 6.06. The molecule has 0 aliphatic carbocycles. The number of nitrogens with one attached hydrogen (secondary N) is 2. The molecule has 0 radical (unpaired) electrons. The van der Waals surface area contributed by atoms with Crippen LogP contribution in [0, 0.1) is 0 Å². The van der Waals surface area contributed by atoms with Gasteiger partial charge in [0.25, 0.3) is 0 Å². The molecule has 1 aromatic heterocycles. The van der Waals surface area contributed by atoms with Gasteiger partial charge in [-0.25, -0.2) is 9.87 Å². The number of benzene rings is 1. The molecule has 36 heavy (non-hydrogen) atoms. The van der Waals surface area contributed by atoms with E-state index in [4.69, 9.17) is 27.5 Å². The minimum absolute atomic E-state index is 0.490. The maximum absolute atomic E-state index is 6.61. The number of likely N-dealkylation sites (tertiary alicyclic amines) is 1. The molecule has 0 spiro atoms. The third-order valence-electron chi connectivity index (χ3n) is 7.14. The smallest absolute Gasteiger partial charge is 0.149 e. The van der Waals surface area contributed by atoms with E-state index < -0.39 is 0 Å². The molecular weight excluding hydrogens is 519 g/mol. The lowest BCUT2D eigenvalue weighted by Gasteiger charge is -2.47. The Hall–Kier alpha value is -1.46. The van der Waals surface area contributed by atoms with Crippen molar-refractivity contribution in [3.05, 3.63) is 46.1 Å².